The zero-order valence-corrected chi connectivity index (χ0v) is 17.7. The highest BCUT2D eigenvalue weighted by Crippen LogP contribution is 2.28. The van der Waals surface area contributed by atoms with E-state index in [0.29, 0.717) is 13.2 Å². The lowest BCUT2D eigenvalue weighted by Crippen LogP contribution is -2.38. The van der Waals surface area contributed by atoms with Gasteiger partial charge in [-0.1, -0.05) is 6.07 Å². The first-order valence-electron chi connectivity index (χ1n) is 9.90. The van der Waals surface area contributed by atoms with Gasteiger partial charge < -0.3 is 20.1 Å². The summed E-state index contributed by atoms with van der Waals surface area (Å²) in [6.45, 7) is 11.8. The van der Waals surface area contributed by atoms with Crippen LogP contribution in [-0.2, 0) is 13.1 Å². The van der Waals surface area contributed by atoms with Crippen LogP contribution < -0.4 is 20.1 Å². The smallest absolute Gasteiger partial charge is 0.191 e. The standard InChI is InChI=1S/C21H33N5O2/c1-6-22-21(23-11-8-12-26-17(4)13-16(3)25-26)24-15-18-9-10-19(28-7-2)20(14-18)27-5/h9-10,13-14H,6-8,11-12,15H2,1-5H3,(H2,22,23,24). The number of nitrogens with one attached hydrogen (secondary N) is 2. The molecule has 1 heterocycles. The normalized spacial score (nSPS) is 11.4. The van der Waals surface area contributed by atoms with Crippen molar-refractivity contribution < 1.29 is 9.47 Å². The van der Waals surface area contributed by atoms with E-state index < -0.39 is 0 Å². The van der Waals surface area contributed by atoms with E-state index in [4.69, 9.17) is 9.47 Å². The molecule has 28 heavy (non-hydrogen) atoms. The highest BCUT2D eigenvalue weighted by molar-refractivity contribution is 5.79. The molecule has 0 amide bonds. The highest BCUT2D eigenvalue weighted by atomic mass is 16.5. The van der Waals surface area contributed by atoms with Crippen LogP contribution in [0.2, 0.25) is 0 Å². The van der Waals surface area contributed by atoms with Crippen LogP contribution in [0.25, 0.3) is 0 Å². The molecule has 0 aliphatic carbocycles. The summed E-state index contributed by atoms with van der Waals surface area (Å²) in [5, 5.41) is 11.2. The summed E-state index contributed by atoms with van der Waals surface area (Å²) in [6.07, 6.45) is 0.975. The minimum atomic E-state index is 0.565. The molecule has 154 valence electrons. The van der Waals surface area contributed by atoms with Crippen LogP contribution in [0.3, 0.4) is 0 Å². The number of aliphatic imine (C=N–C) groups is 1. The van der Waals surface area contributed by atoms with Gasteiger partial charge in [0.15, 0.2) is 17.5 Å². The van der Waals surface area contributed by atoms with Gasteiger partial charge >= 0.3 is 0 Å². The van der Waals surface area contributed by atoms with Gasteiger partial charge in [-0.15, -0.1) is 0 Å². The van der Waals surface area contributed by atoms with E-state index in [1.54, 1.807) is 7.11 Å². The molecule has 7 heteroatoms. The van der Waals surface area contributed by atoms with E-state index >= 15 is 0 Å². The average molecular weight is 388 g/mol. The monoisotopic (exact) mass is 387 g/mol. The summed E-state index contributed by atoms with van der Waals surface area (Å²) in [7, 11) is 1.65. The van der Waals surface area contributed by atoms with Crippen LogP contribution >= 0.6 is 0 Å². The van der Waals surface area contributed by atoms with E-state index in [0.717, 1.165) is 54.8 Å². The van der Waals surface area contributed by atoms with Gasteiger partial charge in [0, 0.05) is 25.3 Å². The average Bonchev–Trinajstić information content (AvgIpc) is 3.01. The van der Waals surface area contributed by atoms with E-state index in [-0.39, 0.29) is 0 Å². The molecule has 2 rings (SSSR count). The fraction of sp³-hybridized carbons (Fsp3) is 0.524. The maximum absolute atomic E-state index is 5.57. The fourth-order valence-corrected chi connectivity index (χ4v) is 2.93. The minimum absolute atomic E-state index is 0.565. The van der Waals surface area contributed by atoms with Gasteiger partial charge in [-0.25, -0.2) is 4.99 Å². The van der Waals surface area contributed by atoms with Gasteiger partial charge in [0.25, 0.3) is 0 Å². The van der Waals surface area contributed by atoms with Crippen LogP contribution in [0.5, 0.6) is 11.5 Å². The first-order chi connectivity index (χ1) is 13.6. The summed E-state index contributed by atoms with van der Waals surface area (Å²) in [5.41, 5.74) is 3.33. The van der Waals surface area contributed by atoms with Crippen LogP contribution in [-0.4, -0.2) is 42.5 Å². The van der Waals surface area contributed by atoms with Gasteiger partial charge in [-0.2, -0.15) is 5.10 Å². The molecule has 0 bridgehead atoms. The second-order valence-electron chi connectivity index (χ2n) is 6.54. The molecule has 7 nitrogen and oxygen atoms in total. The molecule has 0 aliphatic heterocycles. The number of ether oxygens (including phenoxy) is 2. The summed E-state index contributed by atoms with van der Waals surface area (Å²) in [5.74, 6) is 2.30. The lowest BCUT2D eigenvalue weighted by molar-refractivity contribution is 0.310. The Morgan fingerprint density at radius 1 is 1.14 bits per heavy atom. The van der Waals surface area contributed by atoms with Crippen molar-refractivity contribution in [2.75, 3.05) is 26.8 Å². The second kappa shape index (κ2) is 11.2. The molecular formula is C21H33N5O2. The number of rotatable bonds is 10. The number of aromatic nitrogens is 2. The van der Waals surface area contributed by atoms with Crippen molar-refractivity contribution in [1.82, 2.24) is 20.4 Å². The van der Waals surface area contributed by atoms with Gasteiger partial charge in [0.05, 0.1) is 26.0 Å². The summed E-state index contributed by atoms with van der Waals surface area (Å²) >= 11 is 0. The Hall–Kier alpha value is -2.70. The Labute approximate surface area is 168 Å². The SMILES string of the molecule is CCNC(=NCc1ccc(OCC)c(OC)c1)NCCCn1nc(C)cc1C. The molecule has 0 saturated carbocycles. The van der Waals surface area contributed by atoms with Gasteiger partial charge in [0.2, 0.25) is 0 Å². The van der Waals surface area contributed by atoms with Crippen molar-refractivity contribution in [2.24, 2.45) is 4.99 Å². The molecule has 0 atom stereocenters. The van der Waals surface area contributed by atoms with E-state index in [9.17, 15) is 0 Å². The third-order valence-electron chi connectivity index (χ3n) is 4.23. The quantitative estimate of drug-likeness (QED) is 0.372. The first kappa shape index (κ1) is 21.6. The molecule has 0 aliphatic rings. The van der Waals surface area contributed by atoms with Crippen LogP contribution in [0, 0.1) is 13.8 Å². The third kappa shape index (κ3) is 6.48. The van der Waals surface area contributed by atoms with E-state index in [2.05, 4.69) is 40.6 Å². The van der Waals surface area contributed by atoms with E-state index in [1.807, 2.05) is 36.7 Å². The predicted molar refractivity (Wildman–Crippen MR) is 113 cm³/mol. The Kier molecular flexibility index (Phi) is 8.65. The van der Waals surface area contributed by atoms with E-state index in [1.165, 1.54) is 5.69 Å². The predicted octanol–water partition coefficient (Wildman–Crippen LogP) is 3.05. The van der Waals surface area contributed by atoms with Crippen LogP contribution in [0.15, 0.2) is 29.3 Å². The maximum Gasteiger partial charge on any atom is 0.191 e. The zero-order valence-electron chi connectivity index (χ0n) is 17.7. The Morgan fingerprint density at radius 3 is 2.61 bits per heavy atom. The Morgan fingerprint density at radius 2 is 1.96 bits per heavy atom. The van der Waals surface area contributed by atoms with Crippen LogP contribution in [0.1, 0.15) is 37.2 Å². The second-order valence-corrected chi connectivity index (χ2v) is 6.54. The van der Waals surface area contributed by atoms with Crippen molar-refractivity contribution >= 4 is 5.96 Å². The van der Waals surface area contributed by atoms with Crippen molar-refractivity contribution in [3.05, 3.63) is 41.2 Å². The van der Waals surface area contributed by atoms with Crippen molar-refractivity contribution in [3.63, 3.8) is 0 Å². The molecule has 2 N–H and O–H groups in total. The molecular weight excluding hydrogens is 354 g/mol. The maximum atomic E-state index is 5.57. The first-order valence-corrected chi connectivity index (χ1v) is 9.90. The largest absolute Gasteiger partial charge is 0.493 e. The lowest BCUT2D eigenvalue weighted by Gasteiger charge is -2.13. The topological polar surface area (TPSA) is 72.7 Å². The molecule has 0 fully saturated rings. The number of methoxy groups -OCH3 is 1. The van der Waals surface area contributed by atoms with Crippen LogP contribution in [0.4, 0.5) is 0 Å². The number of guanidine groups is 1. The number of hydrogen-bond acceptors (Lipinski definition) is 4. The molecule has 1 aromatic heterocycles. The summed E-state index contributed by atoms with van der Waals surface area (Å²) < 4.78 is 13.0. The minimum Gasteiger partial charge on any atom is -0.493 e. The molecule has 0 saturated heterocycles. The zero-order chi connectivity index (χ0) is 20.4. The molecule has 0 unspecified atom stereocenters. The molecule has 1 aromatic carbocycles. The number of hydrogen-bond donors (Lipinski definition) is 2. The van der Waals surface area contributed by atoms with Gasteiger partial charge in [-0.05, 0) is 57.9 Å². The lowest BCUT2D eigenvalue weighted by atomic mass is 10.2. The molecule has 0 spiro atoms. The molecule has 2 aromatic rings. The Bertz CT molecular complexity index is 770. The third-order valence-corrected chi connectivity index (χ3v) is 4.23. The summed E-state index contributed by atoms with van der Waals surface area (Å²) in [6, 6.07) is 8.02. The van der Waals surface area contributed by atoms with Gasteiger partial charge in [0.1, 0.15) is 0 Å². The fourth-order valence-electron chi connectivity index (χ4n) is 2.93. The van der Waals surface area contributed by atoms with Crippen molar-refractivity contribution in [3.8, 4) is 11.5 Å². The number of nitrogens with zero attached hydrogens (tertiary/aromatic N) is 3. The van der Waals surface area contributed by atoms with Gasteiger partial charge in [-0.3, -0.25) is 4.68 Å². The van der Waals surface area contributed by atoms with Crippen molar-refractivity contribution in [2.45, 2.75) is 47.2 Å². The number of benzene rings is 1. The molecule has 0 radical (unpaired) electrons. The highest BCUT2D eigenvalue weighted by Gasteiger charge is 2.06. The Balaban J connectivity index is 1.89. The van der Waals surface area contributed by atoms with Crippen molar-refractivity contribution in [1.29, 1.82) is 0 Å². The number of aryl methyl sites for hydroxylation is 3. The summed E-state index contributed by atoms with van der Waals surface area (Å²) in [4.78, 5) is 4.68.